The maximum Gasteiger partial charge on any atom is 0.0161 e. The lowest BCUT2D eigenvalue weighted by Crippen LogP contribution is -2.49. The maximum absolute atomic E-state index is 3.82. The summed E-state index contributed by atoms with van der Waals surface area (Å²) in [7, 11) is 0. The molecule has 2 heteroatoms. The van der Waals surface area contributed by atoms with Gasteiger partial charge in [-0.15, -0.1) is 6.58 Å². The third kappa shape index (κ3) is 6.01. The summed E-state index contributed by atoms with van der Waals surface area (Å²) in [4.78, 5) is 5.12. The Bertz CT molecular complexity index is 255. The predicted molar refractivity (Wildman–Crippen MR) is 80.9 cm³/mol. The van der Waals surface area contributed by atoms with Crippen molar-refractivity contribution in [3.05, 3.63) is 12.7 Å². The molecular weight excluding hydrogens is 220 g/mol. The summed E-state index contributed by atoms with van der Waals surface area (Å²) < 4.78 is 0. The summed E-state index contributed by atoms with van der Waals surface area (Å²) in [6, 6.07) is 0. The molecule has 1 aliphatic rings. The Balaban J connectivity index is 2.37. The van der Waals surface area contributed by atoms with E-state index in [1.807, 2.05) is 6.08 Å². The molecule has 18 heavy (non-hydrogen) atoms. The molecular formula is C16H32N2. The van der Waals surface area contributed by atoms with E-state index >= 15 is 0 Å². The van der Waals surface area contributed by atoms with E-state index in [1.54, 1.807) is 0 Å². The molecule has 1 saturated heterocycles. The first-order valence-electron chi connectivity index (χ1n) is 7.27. The summed E-state index contributed by atoms with van der Waals surface area (Å²) in [5.74, 6) is 0. The van der Waals surface area contributed by atoms with Crippen LogP contribution >= 0.6 is 0 Å². The largest absolute Gasteiger partial charge is 0.300 e. The minimum atomic E-state index is 0.416. The van der Waals surface area contributed by atoms with Crippen LogP contribution in [0.15, 0.2) is 12.7 Å². The van der Waals surface area contributed by atoms with Crippen LogP contribution in [0.5, 0.6) is 0 Å². The zero-order chi connectivity index (χ0) is 13.8. The lowest BCUT2D eigenvalue weighted by molar-refractivity contribution is 0.0830. The molecule has 0 spiro atoms. The number of nitrogens with zero attached hydrogens (tertiary/aromatic N) is 2. The van der Waals surface area contributed by atoms with Gasteiger partial charge in [0.1, 0.15) is 0 Å². The van der Waals surface area contributed by atoms with Crippen LogP contribution < -0.4 is 0 Å². The molecule has 0 atom stereocenters. The molecule has 1 aliphatic heterocycles. The normalized spacial score (nSPS) is 20.1. The van der Waals surface area contributed by atoms with Crippen molar-refractivity contribution < 1.29 is 0 Å². The molecule has 1 rings (SSSR count). The van der Waals surface area contributed by atoms with Crippen molar-refractivity contribution in [2.24, 2.45) is 10.8 Å². The van der Waals surface area contributed by atoms with Gasteiger partial charge in [-0.25, -0.2) is 0 Å². The molecule has 106 valence electrons. The number of hydrogen-bond acceptors (Lipinski definition) is 2. The SMILES string of the molecule is C=CCN1CCN(CC(C)(C)CC(C)(C)C)CC1. The van der Waals surface area contributed by atoms with Crippen molar-refractivity contribution in [2.45, 2.75) is 41.0 Å². The van der Waals surface area contributed by atoms with Gasteiger partial charge in [-0.05, 0) is 17.3 Å². The highest BCUT2D eigenvalue weighted by Gasteiger charge is 2.28. The van der Waals surface area contributed by atoms with Crippen molar-refractivity contribution in [3.8, 4) is 0 Å². The van der Waals surface area contributed by atoms with E-state index in [0.29, 0.717) is 10.8 Å². The summed E-state index contributed by atoms with van der Waals surface area (Å²) in [5.41, 5.74) is 0.840. The van der Waals surface area contributed by atoms with Gasteiger partial charge in [-0.1, -0.05) is 40.7 Å². The quantitative estimate of drug-likeness (QED) is 0.693. The minimum Gasteiger partial charge on any atom is -0.300 e. The molecule has 0 aromatic heterocycles. The van der Waals surface area contributed by atoms with Crippen molar-refractivity contribution >= 4 is 0 Å². The van der Waals surface area contributed by atoms with Crippen LogP contribution in [0.2, 0.25) is 0 Å². The second-order valence-corrected chi connectivity index (χ2v) is 7.77. The van der Waals surface area contributed by atoms with Crippen LogP contribution in [0.4, 0.5) is 0 Å². The minimum absolute atomic E-state index is 0.416. The molecule has 0 aromatic carbocycles. The fourth-order valence-electron chi connectivity index (χ4n) is 3.41. The van der Waals surface area contributed by atoms with E-state index in [-0.39, 0.29) is 0 Å². The highest BCUT2D eigenvalue weighted by molar-refractivity contribution is 4.83. The van der Waals surface area contributed by atoms with E-state index in [2.05, 4.69) is 51.0 Å². The zero-order valence-corrected chi connectivity index (χ0v) is 13.1. The van der Waals surface area contributed by atoms with Gasteiger partial charge in [0.2, 0.25) is 0 Å². The van der Waals surface area contributed by atoms with E-state index in [4.69, 9.17) is 0 Å². The van der Waals surface area contributed by atoms with Crippen LogP contribution in [0, 0.1) is 10.8 Å². The fourth-order valence-corrected chi connectivity index (χ4v) is 3.41. The van der Waals surface area contributed by atoms with E-state index in [9.17, 15) is 0 Å². The van der Waals surface area contributed by atoms with Crippen molar-refractivity contribution in [1.29, 1.82) is 0 Å². The Morgan fingerprint density at radius 2 is 1.44 bits per heavy atom. The highest BCUT2D eigenvalue weighted by atomic mass is 15.3. The molecule has 2 nitrogen and oxygen atoms in total. The predicted octanol–water partition coefficient (Wildman–Crippen LogP) is 3.25. The molecule has 0 bridgehead atoms. The van der Waals surface area contributed by atoms with Gasteiger partial charge >= 0.3 is 0 Å². The number of hydrogen-bond donors (Lipinski definition) is 0. The summed E-state index contributed by atoms with van der Waals surface area (Å²) >= 11 is 0. The molecule has 0 N–H and O–H groups in total. The topological polar surface area (TPSA) is 6.48 Å². The van der Waals surface area contributed by atoms with Crippen LogP contribution in [0.1, 0.15) is 41.0 Å². The summed E-state index contributed by atoms with van der Waals surface area (Å²) in [6.07, 6.45) is 3.30. The first kappa shape index (κ1) is 15.7. The van der Waals surface area contributed by atoms with Gasteiger partial charge in [0.15, 0.2) is 0 Å². The van der Waals surface area contributed by atoms with Gasteiger partial charge in [0.25, 0.3) is 0 Å². The first-order chi connectivity index (χ1) is 8.22. The Kier molecular flexibility index (Phi) is 5.42. The second kappa shape index (κ2) is 6.21. The molecule has 0 unspecified atom stereocenters. The average molecular weight is 252 g/mol. The molecule has 0 saturated carbocycles. The smallest absolute Gasteiger partial charge is 0.0161 e. The summed E-state index contributed by atoms with van der Waals surface area (Å²) in [5, 5.41) is 0. The summed E-state index contributed by atoms with van der Waals surface area (Å²) in [6.45, 7) is 22.7. The Morgan fingerprint density at radius 1 is 0.944 bits per heavy atom. The van der Waals surface area contributed by atoms with Gasteiger partial charge in [-0.3, -0.25) is 4.90 Å². The lowest BCUT2D eigenvalue weighted by atomic mass is 9.76. The van der Waals surface area contributed by atoms with Gasteiger partial charge in [0.05, 0.1) is 0 Å². The third-order valence-electron chi connectivity index (χ3n) is 3.51. The van der Waals surface area contributed by atoms with E-state index in [1.165, 1.54) is 39.1 Å². The van der Waals surface area contributed by atoms with Crippen molar-refractivity contribution in [1.82, 2.24) is 9.80 Å². The monoisotopic (exact) mass is 252 g/mol. The van der Waals surface area contributed by atoms with Crippen molar-refractivity contribution in [3.63, 3.8) is 0 Å². The molecule has 0 aliphatic carbocycles. The average Bonchev–Trinajstić information content (AvgIpc) is 2.17. The first-order valence-corrected chi connectivity index (χ1v) is 7.27. The third-order valence-corrected chi connectivity index (χ3v) is 3.51. The van der Waals surface area contributed by atoms with E-state index < -0.39 is 0 Å². The van der Waals surface area contributed by atoms with Crippen LogP contribution in [0.3, 0.4) is 0 Å². The van der Waals surface area contributed by atoms with Gasteiger partial charge in [0, 0.05) is 39.3 Å². The van der Waals surface area contributed by atoms with Crippen LogP contribution in [0.25, 0.3) is 0 Å². The zero-order valence-electron chi connectivity index (χ0n) is 13.1. The highest BCUT2D eigenvalue weighted by Crippen LogP contribution is 2.33. The molecule has 1 heterocycles. The molecule has 0 amide bonds. The fraction of sp³-hybridized carbons (Fsp3) is 0.875. The Labute approximate surface area is 114 Å². The van der Waals surface area contributed by atoms with Gasteiger partial charge < -0.3 is 4.90 Å². The van der Waals surface area contributed by atoms with Crippen LogP contribution in [-0.2, 0) is 0 Å². The van der Waals surface area contributed by atoms with Crippen molar-refractivity contribution in [2.75, 3.05) is 39.3 Å². The van der Waals surface area contributed by atoms with Gasteiger partial charge in [-0.2, -0.15) is 0 Å². The molecule has 1 fully saturated rings. The Morgan fingerprint density at radius 3 is 1.89 bits per heavy atom. The number of piperazine rings is 1. The lowest BCUT2D eigenvalue weighted by Gasteiger charge is -2.40. The standard InChI is InChI=1S/C16H32N2/c1-7-8-17-9-11-18(12-10-17)14-16(5,6)13-15(2,3)4/h7H,1,8-14H2,2-6H3. The second-order valence-electron chi connectivity index (χ2n) is 7.77. The Hall–Kier alpha value is -0.340. The molecule has 0 radical (unpaired) electrons. The number of rotatable bonds is 5. The van der Waals surface area contributed by atoms with E-state index in [0.717, 1.165) is 6.54 Å². The molecule has 0 aromatic rings. The van der Waals surface area contributed by atoms with Crippen LogP contribution in [-0.4, -0.2) is 49.1 Å². The maximum atomic E-state index is 3.82.